The van der Waals surface area contributed by atoms with Crippen LogP contribution in [-0.4, -0.2) is 37.3 Å². The molecule has 2 aromatic carbocycles. The van der Waals surface area contributed by atoms with Crippen molar-refractivity contribution < 1.29 is 9.90 Å². The molecular weight excluding hydrogens is 440 g/mol. The van der Waals surface area contributed by atoms with Gasteiger partial charge in [0, 0.05) is 23.9 Å². The van der Waals surface area contributed by atoms with E-state index >= 15 is 0 Å². The van der Waals surface area contributed by atoms with Gasteiger partial charge in [-0.3, -0.25) is 5.10 Å². The first-order valence-corrected chi connectivity index (χ1v) is 11.5. The van der Waals surface area contributed by atoms with E-state index in [4.69, 9.17) is 0 Å². The van der Waals surface area contributed by atoms with Gasteiger partial charge in [-0.05, 0) is 62.1 Å². The Hall–Kier alpha value is -4.20. The van der Waals surface area contributed by atoms with E-state index in [1.54, 1.807) is 6.20 Å². The summed E-state index contributed by atoms with van der Waals surface area (Å²) in [5.74, 6) is 1.18. The second-order valence-corrected chi connectivity index (χ2v) is 8.89. The van der Waals surface area contributed by atoms with Gasteiger partial charge in [-0.1, -0.05) is 42.0 Å². The van der Waals surface area contributed by atoms with Gasteiger partial charge in [0.25, 0.3) is 0 Å². The van der Waals surface area contributed by atoms with Crippen molar-refractivity contribution in [3.63, 3.8) is 0 Å². The predicted octanol–water partition coefficient (Wildman–Crippen LogP) is 4.82. The number of aliphatic carboxylic acids is 1. The summed E-state index contributed by atoms with van der Waals surface area (Å²) in [4.78, 5) is 20.8. The number of rotatable bonds is 9. The molecule has 1 unspecified atom stereocenters. The highest BCUT2D eigenvalue weighted by Crippen LogP contribution is 2.24. The van der Waals surface area contributed by atoms with E-state index < -0.39 is 12.0 Å². The summed E-state index contributed by atoms with van der Waals surface area (Å²) in [5, 5.41) is 23.5. The Morgan fingerprint density at radius 1 is 1.00 bits per heavy atom. The monoisotopic (exact) mass is 470 g/mol. The number of carboxylic acid groups (broad SMARTS) is 1. The molecule has 0 aliphatic rings. The van der Waals surface area contributed by atoms with Crippen molar-refractivity contribution >= 4 is 17.5 Å². The summed E-state index contributed by atoms with van der Waals surface area (Å²) in [6.45, 7) is 8.52. The number of aryl methyl sites for hydroxylation is 4. The van der Waals surface area contributed by atoms with E-state index in [1.807, 2.05) is 64.1 Å². The van der Waals surface area contributed by atoms with Crippen molar-refractivity contribution in [2.24, 2.45) is 0 Å². The number of carbonyl (C=O) groups is 1. The van der Waals surface area contributed by atoms with Crippen LogP contribution in [0, 0.1) is 27.7 Å². The third-order valence-electron chi connectivity index (χ3n) is 5.83. The zero-order chi connectivity index (χ0) is 24.9. The molecule has 0 fully saturated rings. The summed E-state index contributed by atoms with van der Waals surface area (Å²) >= 11 is 0. The van der Waals surface area contributed by atoms with Crippen LogP contribution in [-0.2, 0) is 17.8 Å². The molecule has 0 amide bonds. The minimum Gasteiger partial charge on any atom is -0.480 e. The van der Waals surface area contributed by atoms with Gasteiger partial charge in [-0.15, -0.1) is 0 Å². The van der Waals surface area contributed by atoms with E-state index in [2.05, 4.69) is 42.9 Å². The van der Waals surface area contributed by atoms with Gasteiger partial charge in [0.05, 0.1) is 6.54 Å². The number of pyridine rings is 1. The van der Waals surface area contributed by atoms with Crippen LogP contribution in [0.4, 0.5) is 11.5 Å². The summed E-state index contributed by atoms with van der Waals surface area (Å²) in [6, 6.07) is 15.0. The van der Waals surface area contributed by atoms with E-state index in [1.165, 1.54) is 0 Å². The highest BCUT2D eigenvalue weighted by Gasteiger charge is 2.20. The second-order valence-electron chi connectivity index (χ2n) is 8.89. The topological polar surface area (TPSA) is 116 Å². The van der Waals surface area contributed by atoms with Crippen LogP contribution in [0.2, 0.25) is 0 Å². The van der Waals surface area contributed by atoms with Crippen molar-refractivity contribution in [3.05, 3.63) is 88.4 Å². The quantitative estimate of drug-likeness (QED) is 0.277. The van der Waals surface area contributed by atoms with Crippen LogP contribution in [0.3, 0.4) is 0 Å². The van der Waals surface area contributed by atoms with Crippen molar-refractivity contribution in [2.45, 2.75) is 46.7 Å². The number of benzene rings is 2. The molecule has 0 radical (unpaired) electrons. The molecule has 1 atom stereocenters. The molecule has 0 saturated heterocycles. The SMILES string of the molecule is Cc1ccnc(NCc2nc(-c3ccc(CC(Nc4c(C)cc(C)cc4C)C(=O)O)cc3)n[nH]2)c1. The first kappa shape index (κ1) is 23.9. The predicted molar refractivity (Wildman–Crippen MR) is 138 cm³/mol. The van der Waals surface area contributed by atoms with E-state index in [-0.39, 0.29) is 0 Å². The zero-order valence-electron chi connectivity index (χ0n) is 20.4. The average Bonchev–Trinajstić information content (AvgIpc) is 3.28. The molecular formula is C27H30N6O2. The van der Waals surface area contributed by atoms with Crippen molar-refractivity contribution in [1.82, 2.24) is 20.2 Å². The van der Waals surface area contributed by atoms with Crippen LogP contribution in [0.25, 0.3) is 11.4 Å². The maximum atomic E-state index is 12.0. The maximum Gasteiger partial charge on any atom is 0.326 e. The van der Waals surface area contributed by atoms with E-state index in [0.717, 1.165) is 44.9 Å². The molecule has 4 aromatic rings. The zero-order valence-corrected chi connectivity index (χ0v) is 20.4. The molecule has 0 aliphatic carbocycles. The van der Waals surface area contributed by atoms with Crippen LogP contribution >= 0.6 is 0 Å². The van der Waals surface area contributed by atoms with Gasteiger partial charge < -0.3 is 15.7 Å². The Balaban J connectivity index is 1.41. The number of carboxylic acids is 1. The van der Waals surface area contributed by atoms with Gasteiger partial charge >= 0.3 is 5.97 Å². The normalized spacial score (nSPS) is 11.8. The first-order valence-electron chi connectivity index (χ1n) is 11.5. The molecule has 0 bridgehead atoms. The highest BCUT2D eigenvalue weighted by atomic mass is 16.4. The lowest BCUT2D eigenvalue weighted by atomic mass is 10.0. The largest absolute Gasteiger partial charge is 0.480 e. The van der Waals surface area contributed by atoms with Crippen molar-refractivity contribution in [3.8, 4) is 11.4 Å². The number of hydrogen-bond donors (Lipinski definition) is 4. The number of nitrogens with one attached hydrogen (secondary N) is 3. The van der Waals surface area contributed by atoms with Crippen LogP contribution in [0.15, 0.2) is 54.7 Å². The number of aromatic nitrogens is 4. The average molecular weight is 471 g/mol. The molecule has 35 heavy (non-hydrogen) atoms. The van der Waals surface area contributed by atoms with Crippen LogP contribution < -0.4 is 10.6 Å². The number of anilines is 2. The minimum absolute atomic E-state index is 0.356. The Kier molecular flexibility index (Phi) is 7.10. The minimum atomic E-state index is -0.886. The molecule has 0 spiro atoms. The third-order valence-corrected chi connectivity index (χ3v) is 5.83. The van der Waals surface area contributed by atoms with E-state index in [9.17, 15) is 9.90 Å². The lowest BCUT2D eigenvalue weighted by Crippen LogP contribution is -2.32. The van der Waals surface area contributed by atoms with Gasteiger partial charge in [-0.25, -0.2) is 14.8 Å². The first-order chi connectivity index (χ1) is 16.8. The third kappa shape index (κ3) is 6.03. The Bertz CT molecular complexity index is 1310. The number of H-pyrrole nitrogens is 1. The Labute approximate surface area is 204 Å². The van der Waals surface area contributed by atoms with Gasteiger partial charge in [-0.2, -0.15) is 5.10 Å². The lowest BCUT2D eigenvalue weighted by Gasteiger charge is -2.20. The molecule has 2 aromatic heterocycles. The van der Waals surface area contributed by atoms with Crippen molar-refractivity contribution in [2.75, 3.05) is 10.6 Å². The lowest BCUT2D eigenvalue weighted by molar-refractivity contribution is -0.137. The fraction of sp³-hybridized carbons (Fsp3) is 0.259. The Morgan fingerprint density at radius 3 is 2.37 bits per heavy atom. The summed E-state index contributed by atoms with van der Waals surface area (Å²) < 4.78 is 0. The molecule has 8 nitrogen and oxygen atoms in total. The fourth-order valence-corrected chi connectivity index (χ4v) is 4.12. The molecule has 4 rings (SSSR count). The molecule has 0 aliphatic heterocycles. The summed E-state index contributed by atoms with van der Waals surface area (Å²) in [7, 11) is 0. The highest BCUT2D eigenvalue weighted by molar-refractivity contribution is 5.79. The summed E-state index contributed by atoms with van der Waals surface area (Å²) in [5.41, 5.74) is 7.02. The number of nitrogens with zero attached hydrogens (tertiary/aromatic N) is 3. The smallest absolute Gasteiger partial charge is 0.326 e. The molecule has 4 N–H and O–H groups in total. The van der Waals surface area contributed by atoms with Crippen LogP contribution in [0.5, 0.6) is 0 Å². The second kappa shape index (κ2) is 10.4. The molecule has 0 saturated carbocycles. The number of aromatic amines is 1. The fourth-order valence-electron chi connectivity index (χ4n) is 4.12. The maximum absolute atomic E-state index is 12.0. The molecule has 8 heteroatoms. The molecule has 180 valence electrons. The van der Waals surface area contributed by atoms with E-state index in [0.29, 0.717) is 24.6 Å². The Morgan fingerprint density at radius 2 is 1.71 bits per heavy atom. The van der Waals surface area contributed by atoms with Gasteiger partial charge in [0.1, 0.15) is 17.7 Å². The summed E-state index contributed by atoms with van der Waals surface area (Å²) in [6.07, 6.45) is 2.12. The number of hydrogen-bond acceptors (Lipinski definition) is 6. The van der Waals surface area contributed by atoms with Crippen LogP contribution in [0.1, 0.15) is 33.6 Å². The molecule has 2 heterocycles. The van der Waals surface area contributed by atoms with Crippen molar-refractivity contribution in [1.29, 1.82) is 0 Å². The standard InChI is InChI=1S/C27H30N6O2/c1-16-9-10-28-23(13-16)29-15-24-31-26(33-32-24)21-7-5-20(6-8-21)14-22(27(34)35)30-25-18(3)11-17(2)12-19(25)4/h5-13,22,30H,14-15H2,1-4H3,(H,28,29)(H,34,35)(H,31,32,33). The van der Waals surface area contributed by atoms with Gasteiger partial charge in [0.2, 0.25) is 0 Å². The van der Waals surface area contributed by atoms with Gasteiger partial charge in [0.15, 0.2) is 5.82 Å².